The van der Waals surface area contributed by atoms with Crippen LogP contribution < -0.4 is 0 Å². The van der Waals surface area contributed by atoms with Crippen LogP contribution in [0.4, 0.5) is 0 Å². The highest BCUT2D eigenvalue weighted by Crippen LogP contribution is 2.21. The third-order valence-electron chi connectivity index (χ3n) is 2.56. The van der Waals surface area contributed by atoms with E-state index < -0.39 is 18.4 Å². The molecule has 2 atom stereocenters. The summed E-state index contributed by atoms with van der Waals surface area (Å²) in [5.41, 5.74) is 1.07. The van der Waals surface area contributed by atoms with E-state index in [-0.39, 0.29) is 6.42 Å². The molecular weight excluding hydrogens is 236 g/mol. The number of hydrogen-bond donors (Lipinski definition) is 2. The van der Waals surface area contributed by atoms with Gasteiger partial charge in [0.2, 0.25) is 6.29 Å². The molecule has 1 aliphatic heterocycles. The lowest BCUT2D eigenvalue weighted by Crippen LogP contribution is -2.21. The largest absolute Gasteiger partial charge is 0.479 e. The van der Waals surface area contributed by atoms with Gasteiger partial charge in [0.15, 0.2) is 6.10 Å². The van der Waals surface area contributed by atoms with Gasteiger partial charge in [-0.25, -0.2) is 4.79 Å². The van der Waals surface area contributed by atoms with E-state index in [1.165, 1.54) is 6.26 Å². The predicted molar refractivity (Wildman–Crippen MR) is 62.4 cm³/mol. The van der Waals surface area contributed by atoms with Gasteiger partial charge in [-0.15, -0.1) is 0 Å². The molecule has 0 bridgehead atoms. The van der Waals surface area contributed by atoms with Gasteiger partial charge in [0.05, 0.1) is 0 Å². The number of aliphatic carboxylic acids is 1. The van der Waals surface area contributed by atoms with E-state index in [2.05, 4.69) is 0 Å². The quantitative estimate of drug-likeness (QED) is 0.823. The number of ether oxygens (including phenoxy) is 2. The number of aliphatic hydroxyl groups excluding tert-OH is 1. The van der Waals surface area contributed by atoms with Crippen molar-refractivity contribution in [1.29, 1.82) is 0 Å². The van der Waals surface area contributed by atoms with Crippen LogP contribution >= 0.6 is 0 Å². The van der Waals surface area contributed by atoms with Gasteiger partial charge in [0.1, 0.15) is 12.0 Å². The van der Waals surface area contributed by atoms with Crippen LogP contribution in [0.25, 0.3) is 0 Å². The first kappa shape index (κ1) is 12.4. The number of rotatable bonds is 5. The summed E-state index contributed by atoms with van der Waals surface area (Å²) in [6.07, 6.45) is -0.0663. The molecule has 1 aromatic carbocycles. The summed E-state index contributed by atoms with van der Waals surface area (Å²) in [6.45, 7) is 0. The molecule has 0 spiro atoms. The van der Waals surface area contributed by atoms with Gasteiger partial charge in [-0.05, 0) is 5.56 Å². The molecule has 5 nitrogen and oxygen atoms in total. The van der Waals surface area contributed by atoms with E-state index in [9.17, 15) is 9.90 Å². The molecule has 2 rings (SSSR count). The minimum atomic E-state index is -1.46. The van der Waals surface area contributed by atoms with Crippen molar-refractivity contribution < 1.29 is 24.5 Å². The monoisotopic (exact) mass is 250 g/mol. The Bertz CT molecular complexity index is 440. The second-order valence-electron chi connectivity index (χ2n) is 4.02. The maximum atomic E-state index is 10.5. The molecule has 1 aromatic rings. The Kier molecular flexibility index (Phi) is 3.84. The SMILES string of the molecule is O=C(O)C(O)CC1=COC(Cc2ccccc2)O1. The summed E-state index contributed by atoms with van der Waals surface area (Å²) in [7, 11) is 0. The summed E-state index contributed by atoms with van der Waals surface area (Å²) in [5, 5.41) is 17.8. The Morgan fingerprint density at radius 1 is 1.33 bits per heavy atom. The zero-order valence-electron chi connectivity index (χ0n) is 9.65. The summed E-state index contributed by atoms with van der Waals surface area (Å²) in [4.78, 5) is 10.5. The van der Waals surface area contributed by atoms with Crippen molar-refractivity contribution in [3.8, 4) is 0 Å². The lowest BCUT2D eigenvalue weighted by Gasteiger charge is -2.12. The van der Waals surface area contributed by atoms with Crippen LogP contribution in [0.3, 0.4) is 0 Å². The van der Waals surface area contributed by atoms with Gasteiger partial charge in [-0.1, -0.05) is 30.3 Å². The predicted octanol–water partition coefficient (Wildman–Crippen LogP) is 1.28. The Morgan fingerprint density at radius 3 is 2.72 bits per heavy atom. The van der Waals surface area contributed by atoms with E-state index in [1.54, 1.807) is 0 Å². The maximum Gasteiger partial charge on any atom is 0.332 e. The van der Waals surface area contributed by atoms with Crippen molar-refractivity contribution in [3.63, 3.8) is 0 Å². The van der Waals surface area contributed by atoms with Gasteiger partial charge in [-0.3, -0.25) is 0 Å². The van der Waals surface area contributed by atoms with Gasteiger partial charge in [-0.2, -0.15) is 0 Å². The second kappa shape index (κ2) is 5.55. The Hall–Kier alpha value is -2.01. The van der Waals surface area contributed by atoms with E-state index >= 15 is 0 Å². The molecule has 0 amide bonds. The van der Waals surface area contributed by atoms with Crippen molar-refractivity contribution in [2.75, 3.05) is 0 Å². The van der Waals surface area contributed by atoms with Crippen LogP contribution in [0, 0.1) is 0 Å². The molecule has 1 heterocycles. The van der Waals surface area contributed by atoms with Crippen molar-refractivity contribution in [2.45, 2.75) is 25.2 Å². The molecule has 0 saturated heterocycles. The smallest absolute Gasteiger partial charge is 0.332 e. The van der Waals surface area contributed by atoms with Gasteiger partial charge in [0, 0.05) is 12.8 Å². The average Bonchev–Trinajstić information content (AvgIpc) is 2.77. The highest BCUT2D eigenvalue weighted by Gasteiger charge is 2.24. The van der Waals surface area contributed by atoms with Crippen molar-refractivity contribution in [2.24, 2.45) is 0 Å². The van der Waals surface area contributed by atoms with Crippen LogP contribution in [-0.2, 0) is 20.7 Å². The Morgan fingerprint density at radius 2 is 2.06 bits per heavy atom. The molecule has 96 valence electrons. The fraction of sp³-hybridized carbons (Fsp3) is 0.308. The van der Waals surface area contributed by atoms with Crippen LogP contribution in [0.1, 0.15) is 12.0 Å². The number of carboxylic acid groups (broad SMARTS) is 1. The van der Waals surface area contributed by atoms with Crippen LogP contribution in [0.15, 0.2) is 42.4 Å². The first-order valence-electron chi connectivity index (χ1n) is 5.61. The van der Waals surface area contributed by atoms with E-state index in [4.69, 9.17) is 14.6 Å². The minimum absolute atomic E-state index is 0.0827. The lowest BCUT2D eigenvalue weighted by atomic mass is 10.1. The van der Waals surface area contributed by atoms with Crippen LogP contribution in [0.5, 0.6) is 0 Å². The zero-order valence-corrected chi connectivity index (χ0v) is 9.65. The maximum absolute atomic E-state index is 10.5. The van der Waals surface area contributed by atoms with E-state index in [1.807, 2.05) is 30.3 Å². The van der Waals surface area contributed by atoms with Crippen LogP contribution in [0.2, 0.25) is 0 Å². The van der Waals surface area contributed by atoms with Gasteiger partial charge >= 0.3 is 5.97 Å². The molecule has 0 saturated carbocycles. The molecule has 18 heavy (non-hydrogen) atoms. The summed E-state index contributed by atoms with van der Waals surface area (Å²) < 4.78 is 10.7. The zero-order chi connectivity index (χ0) is 13.0. The first-order chi connectivity index (χ1) is 8.65. The Balaban J connectivity index is 1.82. The van der Waals surface area contributed by atoms with Gasteiger partial charge in [0.25, 0.3) is 0 Å². The first-order valence-corrected chi connectivity index (χ1v) is 5.61. The standard InChI is InChI=1S/C13H14O5/c14-11(13(15)16)7-10-8-17-12(18-10)6-9-4-2-1-3-5-9/h1-5,8,11-12,14H,6-7H2,(H,15,16). The fourth-order valence-corrected chi connectivity index (χ4v) is 1.65. The number of benzene rings is 1. The minimum Gasteiger partial charge on any atom is -0.479 e. The number of carbonyl (C=O) groups is 1. The second-order valence-corrected chi connectivity index (χ2v) is 4.02. The van der Waals surface area contributed by atoms with Crippen LogP contribution in [-0.4, -0.2) is 28.6 Å². The molecule has 0 aliphatic carbocycles. The summed E-state index contributed by atoms with van der Waals surface area (Å²) in [6, 6.07) is 9.68. The van der Waals surface area contributed by atoms with Crippen molar-refractivity contribution in [1.82, 2.24) is 0 Å². The number of carboxylic acids is 1. The molecule has 0 aromatic heterocycles. The molecule has 5 heteroatoms. The molecule has 0 radical (unpaired) electrons. The fourth-order valence-electron chi connectivity index (χ4n) is 1.65. The summed E-state index contributed by atoms with van der Waals surface area (Å²) >= 11 is 0. The average molecular weight is 250 g/mol. The van der Waals surface area contributed by atoms with Crippen molar-refractivity contribution >= 4 is 5.97 Å². The molecule has 2 unspecified atom stereocenters. The Labute approximate surface area is 104 Å². The van der Waals surface area contributed by atoms with Gasteiger partial charge < -0.3 is 19.7 Å². The van der Waals surface area contributed by atoms with Crippen molar-refractivity contribution in [3.05, 3.63) is 47.9 Å². The highest BCUT2D eigenvalue weighted by atomic mass is 16.7. The molecule has 2 N–H and O–H groups in total. The molecule has 0 fully saturated rings. The highest BCUT2D eigenvalue weighted by molar-refractivity contribution is 5.72. The lowest BCUT2D eigenvalue weighted by molar-refractivity contribution is -0.147. The number of aliphatic hydroxyl groups is 1. The molecular formula is C13H14O5. The normalized spacial score (nSPS) is 19.6. The topological polar surface area (TPSA) is 76.0 Å². The third-order valence-corrected chi connectivity index (χ3v) is 2.56. The van der Waals surface area contributed by atoms with E-state index in [0.717, 1.165) is 5.56 Å². The molecule has 1 aliphatic rings. The van der Waals surface area contributed by atoms with E-state index in [0.29, 0.717) is 12.2 Å². The summed E-state index contributed by atoms with van der Waals surface area (Å²) in [5.74, 6) is -0.920. The third kappa shape index (κ3) is 3.24. The number of hydrogen-bond acceptors (Lipinski definition) is 4.